The van der Waals surface area contributed by atoms with Crippen molar-refractivity contribution in [1.29, 1.82) is 0 Å². The Hall–Kier alpha value is -4.34. The number of nitrogens with one attached hydrogen (secondary N) is 2. The molecule has 0 bridgehead atoms. The summed E-state index contributed by atoms with van der Waals surface area (Å²) in [4.78, 5) is 23.9. The Bertz CT molecular complexity index is 1070. The maximum absolute atomic E-state index is 10.4. The van der Waals surface area contributed by atoms with E-state index in [1.165, 1.54) is 4.80 Å². The van der Waals surface area contributed by atoms with Gasteiger partial charge < -0.3 is 16.4 Å². The number of hydrogen-bond donors (Lipinski definition) is 3. The van der Waals surface area contributed by atoms with E-state index in [0.717, 1.165) is 22.6 Å². The molecule has 10 nitrogen and oxygen atoms in total. The monoisotopic (exact) mass is 403 g/mol. The standard InChI is InChI=1S/C13H14N4O.C7H7N5/c14-13-12(5-2-6-15-13)16-8-10-3-1-4-11(7-10)17-9-18;1-6-4-9-7(5-8-6)12-10-2-3-11-12/h1-7,9,16H,8H2,(H2,14,15)(H,17,18);2-5H,1H3. The number of nitrogens with two attached hydrogens (primary N) is 1. The van der Waals surface area contributed by atoms with Gasteiger partial charge in [0, 0.05) is 18.4 Å². The molecular formula is C20H21N9O. The van der Waals surface area contributed by atoms with E-state index in [1.807, 2.05) is 43.3 Å². The van der Waals surface area contributed by atoms with Gasteiger partial charge in [-0.3, -0.25) is 9.78 Å². The molecule has 10 heteroatoms. The van der Waals surface area contributed by atoms with Gasteiger partial charge in [-0.2, -0.15) is 10.2 Å². The minimum Gasteiger partial charge on any atom is -0.382 e. The molecule has 0 atom stereocenters. The fourth-order valence-corrected chi connectivity index (χ4v) is 2.43. The van der Waals surface area contributed by atoms with Gasteiger partial charge in [-0.1, -0.05) is 12.1 Å². The average molecular weight is 403 g/mol. The molecule has 1 aromatic carbocycles. The van der Waals surface area contributed by atoms with Gasteiger partial charge in [0.05, 0.1) is 36.2 Å². The number of aromatic nitrogens is 6. The highest BCUT2D eigenvalue weighted by atomic mass is 16.1. The zero-order valence-electron chi connectivity index (χ0n) is 16.3. The van der Waals surface area contributed by atoms with Gasteiger partial charge in [-0.25, -0.2) is 9.97 Å². The average Bonchev–Trinajstić information content (AvgIpc) is 3.30. The van der Waals surface area contributed by atoms with Crippen LogP contribution in [0.15, 0.2) is 67.4 Å². The van der Waals surface area contributed by atoms with Crippen molar-refractivity contribution in [2.45, 2.75) is 13.5 Å². The van der Waals surface area contributed by atoms with Crippen molar-refractivity contribution in [3.63, 3.8) is 0 Å². The highest BCUT2D eigenvalue weighted by Crippen LogP contribution is 2.16. The van der Waals surface area contributed by atoms with Crippen LogP contribution in [0.5, 0.6) is 0 Å². The molecule has 30 heavy (non-hydrogen) atoms. The molecule has 0 fully saturated rings. The lowest BCUT2D eigenvalue weighted by Crippen LogP contribution is -2.04. The summed E-state index contributed by atoms with van der Waals surface area (Å²) in [5, 5.41) is 13.6. The summed E-state index contributed by atoms with van der Waals surface area (Å²) in [5.41, 5.74) is 9.22. The molecule has 4 rings (SSSR count). The second-order valence-corrected chi connectivity index (χ2v) is 6.09. The Morgan fingerprint density at radius 2 is 1.87 bits per heavy atom. The molecule has 0 aliphatic rings. The molecular weight excluding hydrogens is 382 g/mol. The van der Waals surface area contributed by atoms with Crippen LogP contribution in [-0.4, -0.2) is 36.4 Å². The van der Waals surface area contributed by atoms with Gasteiger partial charge >= 0.3 is 0 Å². The van der Waals surface area contributed by atoms with E-state index in [4.69, 9.17) is 5.73 Å². The van der Waals surface area contributed by atoms with E-state index in [0.29, 0.717) is 24.6 Å². The summed E-state index contributed by atoms with van der Waals surface area (Å²) in [6.07, 6.45) is 8.82. The summed E-state index contributed by atoms with van der Waals surface area (Å²) in [5.74, 6) is 1.10. The summed E-state index contributed by atoms with van der Waals surface area (Å²) in [6, 6.07) is 11.3. The lowest BCUT2D eigenvalue weighted by Gasteiger charge is -2.09. The van der Waals surface area contributed by atoms with E-state index in [9.17, 15) is 4.79 Å². The Balaban J connectivity index is 0.000000184. The van der Waals surface area contributed by atoms with Gasteiger partial charge in [-0.15, -0.1) is 4.80 Å². The van der Waals surface area contributed by atoms with Crippen LogP contribution in [0.3, 0.4) is 0 Å². The number of pyridine rings is 1. The lowest BCUT2D eigenvalue weighted by atomic mass is 10.2. The number of amides is 1. The predicted octanol–water partition coefficient (Wildman–Crippen LogP) is 2.21. The van der Waals surface area contributed by atoms with Crippen LogP contribution >= 0.6 is 0 Å². The third-order valence-corrected chi connectivity index (χ3v) is 3.87. The van der Waals surface area contributed by atoms with E-state index in [1.54, 1.807) is 31.0 Å². The van der Waals surface area contributed by atoms with Crippen molar-refractivity contribution in [2.75, 3.05) is 16.4 Å². The third-order valence-electron chi connectivity index (χ3n) is 3.87. The molecule has 3 heterocycles. The van der Waals surface area contributed by atoms with E-state index in [2.05, 4.69) is 35.8 Å². The number of carbonyl (C=O) groups is 1. The Labute approximate surface area is 173 Å². The molecule has 0 spiro atoms. The van der Waals surface area contributed by atoms with Crippen LogP contribution in [0.4, 0.5) is 17.2 Å². The molecule has 0 saturated carbocycles. The first-order chi connectivity index (χ1) is 14.7. The summed E-state index contributed by atoms with van der Waals surface area (Å²) in [7, 11) is 0. The zero-order valence-corrected chi connectivity index (χ0v) is 16.3. The largest absolute Gasteiger partial charge is 0.382 e. The van der Waals surface area contributed by atoms with Crippen molar-refractivity contribution < 1.29 is 4.79 Å². The van der Waals surface area contributed by atoms with Gasteiger partial charge in [-0.05, 0) is 36.8 Å². The number of nitrogen functional groups attached to an aromatic ring is 1. The second kappa shape index (κ2) is 10.3. The number of carbonyl (C=O) groups excluding carboxylic acids is 1. The summed E-state index contributed by atoms with van der Waals surface area (Å²) in [6.45, 7) is 2.50. The van der Waals surface area contributed by atoms with E-state index >= 15 is 0 Å². The molecule has 0 radical (unpaired) electrons. The quantitative estimate of drug-likeness (QED) is 0.417. The van der Waals surface area contributed by atoms with Crippen LogP contribution < -0.4 is 16.4 Å². The smallest absolute Gasteiger partial charge is 0.211 e. The van der Waals surface area contributed by atoms with Gasteiger partial charge in [0.2, 0.25) is 6.41 Å². The Morgan fingerprint density at radius 3 is 2.57 bits per heavy atom. The normalized spacial score (nSPS) is 9.90. The van der Waals surface area contributed by atoms with Crippen LogP contribution in [-0.2, 0) is 11.3 Å². The molecule has 1 amide bonds. The second-order valence-electron chi connectivity index (χ2n) is 6.09. The first kappa shape index (κ1) is 20.4. The van der Waals surface area contributed by atoms with E-state index in [-0.39, 0.29) is 0 Å². The Morgan fingerprint density at radius 1 is 1.03 bits per heavy atom. The van der Waals surface area contributed by atoms with Gasteiger partial charge in [0.25, 0.3) is 0 Å². The SMILES string of the molecule is Cc1cnc(-n2nccn2)cn1.Nc1ncccc1NCc1cccc(NC=O)c1. The predicted molar refractivity (Wildman–Crippen MR) is 114 cm³/mol. The number of rotatable bonds is 6. The number of hydrogen-bond acceptors (Lipinski definition) is 8. The molecule has 0 unspecified atom stereocenters. The van der Waals surface area contributed by atoms with E-state index < -0.39 is 0 Å². The van der Waals surface area contributed by atoms with Crippen molar-refractivity contribution in [2.24, 2.45) is 0 Å². The Kier molecular flexibility index (Phi) is 6.98. The molecule has 3 aromatic heterocycles. The summed E-state index contributed by atoms with van der Waals surface area (Å²) >= 11 is 0. The third kappa shape index (κ3) is 5.83. The van der Waals surface area contributed by atoms with Crippen LogP contribution in [0.2, 0.25) is 0 Å². The van der Waals surface area contributed by atoms with Gasteiger partial charge in [0.15, 0.2) is 5.82 Å². The maximum atomic E-state index is 10.4. The zero-order chi connectivity index (χ0) is 21.2. The number of benzene rings is 1. The molecule has 4 N–H and O–H groups in total. The molecule has 0 aliphatic heterocycles. The highest BCUT2D eigenvalue weighted by Gasteiger charge is 2.00. The lowest BCUT2D eigenvalue weighted by molar-refractivity contribution is -0.105. The fraction of sp³-hybridized carbons (Fsp3) is 0.100. The van der Waals surface area contributed by atoms with Crippen LogP contribution in [0.1, 0.15) is 11.3 Å². The van der Waals surface area contributed by atoms with Crippen molar-refractivity contribution in [1.82, 2.24) is 29.9 Å². The molecule has 0 aliphatic carbocycles. The van der Waals surface area contributed by atoms with Gasteiger partial charge in [0.1, 0.15) is 5.82 Å². The van der Waals surface area contributed by atoms with Crippen LogP contribution in [0, 0.1) is 6.92 Å². The fourth-order valence-electron chi connectivity index (χ4n) is 2.43. The maximum Gasteiger partial charge on any atom is 0.211 e. The molecule has 152 valence electrons. The van der Waals surface area contributed by atoms with Crippen molar-refractivity contribution in [3.05, 3.63) is 78.6 Å². The number of anilines is 3. The highest BCUT2D eigenvalue weighted by molar-refractivity contribution is 5.71. The summed E-state index contributed by atoms with van der Waals surface area (Å²) < 4.78 is 0. The molecule has 4 aromatic rings. The van der Waals surface area contributed by atoms with Crippen molar-refractivity contribution in [3.8, 4) is 5.82 Å². The molecule has 0 saturated heterocycles. The minimum absolute atomic E-state index is 0.472. The van der Waals surface area contributed by atoms with Crippen molar-refractivity contribution >= 4 is 23.6 Å². The topological polar surface area (TPSA) is 137 Å². The first-order valence-corrected chi connectivity index (χ1v) is 9.04. The number of nitrogens with zero attached hydrogens (tertiary/aromatic N) is 6. The minimum atomic E-state index is 0.472. The van der Waals surface area contributed by atoms with Crippen LogP contribution in [0.25, 0.3) is 5.82 Å². The first-order valence-electron chi connectivity index (χ1n) is 9.04. The number of aryl methyl sites for hydroxylation is 1.